The smallest absolute Gasteiger partial charge is 0.232 e. The van der Waals surface area contributed by atoms with E-state index < -0.39 is 30.2 Å². The van der Waals surface area contributed by atoms with Crippen molar-refractivity contribution in [1.29, 1.82) is 0 Å². The molecule has 0 aliphatic carbocycles. The summed E-state index contributed by atoms with van der Waals surface area (Å²) in [6.07, 6.45) is -1.27. The van der Waals surface area contributed by atoms with Crippen LogP contribution in [0.3, 0.4) is 0 Å². The molecule has 1 fully saturated rings. The number of hydrogen-bond acceptors (Lipinski definition) is 8. The molecule has 48 heavy (non-hydrogen) atoms. The highest BCUT2D eigenvalue weighted by Gasteiger charge is 2.61. The van der Waals surface area contributed by atoms with E-state index in [2.05, 4.69) is 48.5 Å². The molecular weight excluding hydrogens is 641 g/mol. The Hall–Kier alpha value is -2.92. The molecule has 6 nitrogen and oxygen atoms in total. The lowest BCUT2D eigenvalue weighted by atomic mass is 9.89. The molecular formula is C40H42O6S2. The predicted octanol–water partition coefficient (Wildman–Crippen LogP) is 8.17. The Balaban J connectivity index is 1.27. The quantitative estimate of drug-likeness (QED) is 0.140. The minimum Gasteiger partial charge on any atom is -0.374 e. The Kier molecular flexibility index (Phi) is 11.7. The van der Waals surface area contributed by atoms with Gasteiger partial charge in [0.25, 0.3) is 0 Å². The molecule has 0 radical (unpaired) electrons. The maximum Gasteiger partial charge on any atom is 0.232 e. The third-order valence-electron chi connectivity index (χ3n) is 8.75. The Morgan fingerprint density at radius 2 is 1.08 bits per heavy atom. The average molecular weight is 683 g/mol. The maximum absolute atomic E-state index is 7.24. The molecule has 0 saturated carbocycles. The average Bonchev–Trinajstić information content (AvgIpc) is 3.15. The summed E-state index contributed by atoms with van der Waals surface area (Å²) in [5.74, 6) is 0.882. The molecule has 8 heteroatoms. The van der Waals surface area contributed by atoms with Gasteiger partial charge in [0.2, 0.25) is 5.79 Å². The molecule has 3 heterocycles. The molecule has 3 aliphatic heterocycles. The molecule has 5 atom stereocenters. The molecule has 0 bridgehead atoms. The summed E-state index contributed by atoms with van der Waals surface area (Å²) in [6, 6.07) is 41.0. The van der Waals surface area contributed by atoms with Crippen LogP contribution in [0.1, 0.15) is 28.7 Å². The second-order valence-corrected chi connectivity index (χ2v) is 14.4. The van der Waals surface area contributed by atoms with Crippen molar-refractivity contribution in [2.24, 2.45) is 0 Å². The summed E-state index contributed by atoms with van der Waals surface area (Å²) in [5.41, 5.74) is 4.32. The van der Waals surface area contributed by atoms with Crippen molar-refractivity contribution >= 4 is 23.5 Å². The molecule has 0 unspecified atom stereocenters. The summed E-state index contributed by atoms with van der Waals surface area (Å²) in [5, 5.41) is 0. The molecule has 0 N–H and O–H groups in total. The van der Waals surface area contributed by atoms with E-state index in [-0.39, 0.29) is 0 Å². The van der Waals surface area contributed by atoms with Gasteiger partial charge in [0.1, 0.15) is 24.4 Å². The molecule has 4 aromatic rings. The van der Waals surface area contributed by atoms with Crippen molar-refractivity contribution in [2.45, 2.75) is 63.1 Å². The zero-order valence-electron chi connectivity index (χ0n) is 27.0. The van der Waals surface area contributed by atoms with Gasteiger partial charge in [-0.05, 0) is 22.3 Å². The van der Waals surface area contributed by atoms with Crippen LogP contribution in [0.15, 0.2) is 131 Å². The van der Waals surface area contributed by atoms with Gasteiger partial charge < -0.3 is 28.4 Å². The molecule has 1 spiro atoms. The van der Waals surface area contributed by atoms with Crippen molar-refractivity contribution in [2.75, 3.05) is 24.7 Å². The zero-order chi connectivity index (χ0) is 32.4. The Morgan fingerprint density at radius 3 is 1.67 bits per heavy atom. The van der Waals surface area contributed by atoms with Crippen molar-refractivity contribution in [3.8, 4) is 0 Å². The molecule has 0 amide bonds. The third kappa shape index (κ3) is 8.09. The van der Waals surface area contributed by atoms with Crippen LogP contribution < -0.4 is 0 Å². The first kappa shape index (κ1) is 33.6. The van der Waals surface area contributed by atoms with Gasteiger partial charge in [-0.1, -0.05) is 121 Å². The van der Waals surface area contributed by atoms with Gasteiger partial charge in [-0.3, -0.25) is 0 Å². The molecule has 7 rings (SSSR count). The van der Waals surface area contributed by atoms with E-state index in [1.54, 1.807) is 0 Å². The Labute approximate surface area is 292 Å². The highest BCUT2D eigenvalue weighted by Crippen LogP contribution is 2.52. The van der Waals surface area contributed by atoms with Gasteiger partial charge in [0.15, 0.2) is 0 Å². The van der Waals surface area contributed by atoms with Crippen LogP contribution in [0, 0.1) is 0 Å². The molecule has 0 aromatic heterocycles. The summed E-state index contributed by atoms with van der Waals surface area (Å²) < 4.78 is 41.3. The van der Waals surface area contributed by atoms with E-state index in [0.29, 0.717) is 39.6 Å². The van der Waals surface area contributed by atoms with Crippen LogP contribution >= 0.6 is 23.5 Å². The fourth-order valence-electron chi connectivity index (χ4n) is 6.43. The van der Waals surface area contributed by atoms with Crippen LogP contribution in [0.4, 0.5) is 0 Å². The maximum atomic E-state index is 7.24. The fourth-order valence-corrected chi connectivity index (χ4v) is 9.09. The number of rotatable bonds is 13. The number of thioether (sulfide) groups is 2. The number of fused-ring (bicyclic) bond motifs is 1. The number of hydrogen-bond donors (Lipinski definition) is 0. The summed E-state index contributed by atoms with van der Waals surface area (Å²) in [6.45, 7) is 2.47. The summed E-state index contributed by atoms with van der Waals surface area (Å²) in [4.78, 5) is 2.42. The molecule has 1 saturated heterocycles. The topological polar surface area (TPSA) is 55.4 Å². The first-order chi connectivity index (χ1) is 23.8. The Morgan fingerprint density at radius 1 is 0.583 bits per heavy atom. The van der Waals surface area contributed by atoms with Crippen molar-refractivity contribution < 1.29 is 28.4 Å². The van der Waals surface area contributed by atoms with E-state index in [1.807, 2.05) is 96.3 Å². The number of ether oxygens (including phenoxy) is 6. The largest absolute Gasteiger partial charge is 0.374 e. The minimum absolute atomic E-state index is 0.302. The van der Waals surface area contributed by atoms with Crippen LogP contribution in [0.25, 0.3) is 0 Å². The van der Waals surface area contributed by atoms with E-state index in [1.165, 1.54) is 4.91 Å². The van der Waals surface area contributed by atoms with Crippen LogP contribution in [0.2, 0.25) is 0 Å². The fraction of sp³-hybridized carbons (Fsp3) is 0.350. The lowest BCUT2D eigenvalue weighted by Crippen LogP contribution is -2.69. The van der Waals surface area contributed by atoms with Gasteiger partial charge in [-0.2, -0.15) is 0 Å². The minimum atomic E-state index is -1.16. The van der Waals surface area contributed by atoms with Crippen LogP contribution in [-0.2, 0) is 54.8 Å². The first-order valence-corrected chi connectivity index (χ1v) is 18.6. The highest BCUT2D eigenvalue weighted by molar-refractivity contribution is 8.10. The number of benzene rings is 4. The van der Waals surface area contributed by atoms with Gasteiger partial charge in [-0.25, -0.2) is 0 Å². The van der Waals surface area contributed by atoms with Gasteiger partial charge >= 0.3 is 0 Å². The molecule has 4 aromatic carbocycles. The van der Waals surface area contributed by atoms with Gasteiger partial charge in [-0.15, -0.1) is 23.5 Å². The lowest BCUT2D eigenvalue weighted by Gasteiger charge is -2.54. The Bertz CT molecular complexity index is 1590. The lowest BCUT2D eigenvalue weighted by molar-refractivity contribution is -0.367. The highest BCUT2D eigenvalue weighted by atomic mass is 32.2. The summed E-state index contributed by atoms with van der Waals surface area (Å²) in [7, 11) is 0. The molecule has 250 valence electrons. The van der Waals surface area contributed by atoms with Crippen molar-refractivity contribution in [3.63, 3.8) is 0 Å². The monoisotopic (exact) mass is 682 g/mol. The van der Waals surface area contributed by atoms with E-state index in [9.17, 15) is 0 Å². The molecule has 3 aliphatic rings. The third-order valence-corrected chi connectivity index (χ3v) is 11.5. The van der Waals surface area contributed by atoms with Gasteiger partial charge in [0.05, 0.1) is 44.5 Å². The van der Waals surface area contributed by atoms with Crippen molar-refractivity contribution in [3.05, 3.63) is 153 Å². The second kappa shape index (κ2) is 16.7. The summed E-state index contributed by atoms with van der Waals surface area (Å²) >= 11 is 3.73. The van der Waals surface area contributed by atoms with Gasteiger partial charge in [0, 0.05) is 22.8 Å². The van der Waals surface area contributed by atoms with E-state index in [4.69, 9.17) is 28.4 Å². The second-order valence-electron chi connectivity index (χ2n) is 12.1. The normalized spacial score (nSPS) is 25.6. The predicted molar refractivity (Wildman–Crippen MR) is 191 cm³/mol. The standard InChI is InChI=1S/C40H42O6S2/c1-5-13-30(14-6-1)25-41-29-34-36(42-26-31-15-7-2-8-16-31)37(43-27-32-17-9-3-10-18-32)38(44-28-33-19-11-4-12-20-33)40(46-34)39-35(21-22-45-40)47-23-24-48-39/h1-20,34,36-38H,21-29H2/t34-,36-,37+,38+,40-/m1/s1. The van der Waals surface area contributed by atoms with E-state index in [0.717, 1.165) is 45.1 Å². The first-order valence-electron chi connectivity index (χ1n) is 16.7. The van der Waals surface area contributed by atoms with Crippen LogP contribution in [-0.4, -0.2) is 54.9 Å². The SMILES string of the molecule is c1ccc(COC[C@H]2O[C@]3(OCCC4=C3SCCS4)[C@@H](OCc3ccccc3)[C@@H](OCc3ccccc3)[C@@H]2OCc2ccccc2)cc1. The van der Waals surface area contributed by atoms with Crippen LogP contribution in [0.5, 0.6) is 0 Å². The zero-order valence-corrected chi connectivity index (χ0v) is 28.6. The van der Waals surface area contributed by atoms with E-state index >= 15 is 0 Å². The van der Waals surface area contributed by atoms with Crippen molar-refractivity contribution in [1.82, 2.24) is 0 Å².